The van der Waals surface area contributed by atoms with Crippen molar-refractivity contribution in [3.05, 3.63) is 69.2 Å². The van der Waals surface area contributed by atoms with Crippen molar-refractivity contribution >= 4 is 15.9 Å². The summed E-state index contributed by atoms with van der Waals surface area (Å²) in [5.41, 5.74) is 4.63. The van der Waals surface area contributed by atoms with Gasteiger partial charge in [-0.15, -0.1) is 0 Å². The molecule has 2 aromatic rings. The lowest BCUT2D eigenvalue weighted by molar-refractivity contribution is 0.498. The van der Waals surface area contributed by atoms with Crippen LogP contribution in [0.4, 0.5) is 8.78 Å². The zero-order valence-electron chi connectivity index (χ0n) is 11.0. The monoisotopic (exact) mass is 340 g/mol. The lowest BCUT2D eigenvalue weighted by Gasteiger charge is -2.18. The van der Waals surface area contributed by atoms with E-state index in [-0.39, 0.29) is 22.5 Å². The molecule has 0 heterocycles. The van der Waals surface area contributed by atoms with Gasteiger partial charge in [-0.3, -0.25) is 11.3 Å². The zero-order chi connectivity index (χ0) is 14.7. The molecule has 2 rings (SSSR count). The summed E-state index contributed by atoms with van der Waals surface area (Å²) in [4.78, 5) is 0. The van der Waals surface area contributed by atoms with Gasteiger partial charge in [0.2, 0.25) is 0 Å². The molecular weight excluding hydrogens is 326 g/mol. The van der Waals surface area contributed by atoms with Gasteiger partial charge in [0, 0.05) is 5.56 Å². The average molecular weight is 341 g/mol. The van der Waals surface area contributed by atoms with Crippen LogP contribution in [0.5, 0.6) is 0 Å². The Morgan fingerprint density at radius 1 is 1.15 bits per heavy atom. The molecular formula is C15H15BrF2N2. The lowest BCUT2D eigenvalue weighted by atomic mass is 9.98. The van der Waals surface area contributed by atoms with Crippen molar-refractivity contribution in [1.29, 1.82) is 0 Å². The number of nitrogens with two attached hydrogens (primary N) is 1. The van der Waals surface area contributed by atoms with Gasteiger partial charge < -0.3 is 0 Å². The molecule has 1 unspecified atom stereocenters. The topological polar surface area (TPSA) is 38.0 Å². The quantitative estimate of drug-likeness (QED) is 0.505. The van der Waals surface area contributed by atoms with Gasteiger partial charge in [0.1, 0.15) is 11.6 Å². The second kappa shape index (κ2) is 6.43. The van der Waals surface area contributed by atoms with E-state index in [0.29, 0.717) is 0 Å². The van der Waals surface area contributed by atoms with Crippen molar-refractivity contribution in [2.45, 2.75) is 19.4 Å². The van der Waals surface area contributed by atoms with Crippen LogP contribution >= 0.6 is 15.9 Å². The van der Waals surface area contributed by atoms with E-state index in [1.54, 1.807) is 0 Å². The lowest BCUT2D eigenvalue weighted by Crippen LogP contribution is -2.30. The summed E-state index contributed by atoms with van der Waals surface area (Å²) in [6, 6.07) is 9.91. The largest absolute Gasteiger partial charge is 0.271 e. The van der Waals surface area contributed by atoms with Crippen LogP contribution < -0.4 is 11.3 Å². The fraction of sp³-hybridized carbons (Fsp3) is 0.200. The van der Waals surface area contributed by atoms with Crippen LogP contribution in [-0.2, 0) is 6.42 Å². The van der Waals surface area contributed by atoms with Gasteiger partial charge in [0.25, 0.3) is 0 Å². The minimum atomic E-state index is -0.586. The highest BCUT2D eigenvalue weighted by atomic mass is 79.9. The molecule has 106 valence electrons. The van der Waals surface area contributed by atoms with Crippen LogP contribution in [0, 0.1) is 18.6 Å². The number of benzene rings is 2. The highest BCUT2D eigenvalue weighted by Crippen LogP contribution is 2.26. The maximum atomic E-state index is 14.0. The Morgan fingerprint density at radius 3 is 2.40 bits per heavy atom. The van der Waals surface area contributed by atoms with Gasteiger partial charge >= 0.3 is 0 Å². The number of hydrogen-bond donors (Lipinski definition) is 2. The normalized spacial score (nSPS) is 12.4. The summed E-state index contributed by atoms with van der Waals surface area (Å²) in [5, 5.41) is 0. The first-order valence-electron chi connectivity index (χ1n) is 6.18. The van der Waals surface area contributed by atoms with E-state index >= 15 is 0 Å². The predicted octanol–water partition coefficient (Wildman–Crippen LogP) is 3.78. The third-order valence-corrected chi connectivity index (χ3v) is 3.84. The second-order valence-corrected chi connectivity index (χ2v) is 5.51. The second-order valence-electron chi connectivity index (χ2n) is 4.66. The third kappa shape index (κ3) is 3.23. The fourth-order valence-corrected chi connectivity index (χ4v) is 2.40. The number of rotatable bonds is 4. The molecule has 0 bridgehead atoms. The van der Waals surface area contributed by atoms with Gasteiger partial charge in [0.15, 0.2) is 0 Å². The highest BCUT2D eigenvalue weighted by molar-refractivity contribution is 9.10. The van der Waals surface area contributed by atoms with Crippen LogP contribution in [0.3, 0.4) is 0 Å². The molecule has 0 fully saturated rings. The van der Waals surface area contributed by atoms with Gasteiger partial charge in [-0.2, -0.15) is 0 Å². The van der Waals surface area contributed by atoms with Crippen LogP contribution in [0.25, 0.3) is 0 Å². The van der Waals surface area contributed by atoms with E-state index in [0.717, 1.165) is 11.1 Å². The average Bonchev–Trinajstić information content (AvgIpc) is 2.45. The molecule has 0 aliphatic rings. The zero-order valence-corrected chi connectivity index (χ0v) is 12.5. The Balaban J connectivity index is 2.31. The fourth-order valence-electron chi connectivity index (χ4n) is 2.03. The first-order valence-corrected chi connectivity index (χ1v) is 6.97. The molecule has 2 aromatic carbocycles. The minimum absolute atomic E-state index is 0.0166. The van der Waals surface area contributed by atoms with Crippen LogP contribution in [-0.4, -0.2) is 0 Å². The molecule has 20 heavy (non-hydrogen) atoms. The molecule has 0 aromatic heterocycles. The predicted molar refractivity (Wildman–Crippen MR) is 79.0 cm³/mol. The number of aryl methyl sites for hydroxylation is 1. The Hall–Kier alpha value is -1.30. The standard InChI is InChI=1S/C15H15BrF2N2/c1-9-2-4-10(5-3-9)14(20-19)8-11-13(17)7-6-12(16)15(11)18/h2-7,14,20H,8,19H2,1H3. The SMILES string of the molecule is Cc1ccc(C(Cc2c(F)ccc(Br)c2F)NN)cc1. The van der Waals surface area contributed by atoms with Crippen molar-refractivity contribution in [2.75, 3.05) is 0 Å². The molecule has 0 aliphatic carbocycles. The number of hydrogen-bond acceptors (Lipinski definition) is 2. The maximum absolute atomic E-state index is 14.0. The van der Waals surface area contributed by atoms with E-state index in [2.05, 4.69) is 21.4 Å². The van der Waals surface area contributed by atoms with E-state index in [4.69, 9.17) is 5.84 Å². The van der Waals surface area contributed by atoms with E-state index in [1.807, 2.05) is 31.2 Å². The summed E-state index contributed by atoms with van der Waals surface area (Å²) in [7, 11) is 0. The molecule has 0 spiro atoms. The summed E-state index contributed by atoms with van der Waals surface area (Å²) in [5.74, 6) is 4.37. The molecule has 0 aliphatic heterocycles. The molecule has 0 saturated carbocycles. The smallest absolute Gasteiger partial charge is 0.143 e. The first-order chi connectivity index (χ1) is 9.52. The van der Waals surface area contributed by atoms with E-state index in [9.17, 15) is 8.78 Å². The third-order valence-electron chi connectivity index (χ3n) is 3.23. The van der Waals surface area contributed by atoms with Crippen LogP contribution in [0.15, 0.2) is 40.9 Å². The maximum Gasteiger partial charge on any atom is 0.143 e. The molecule has 0 amide bonds. The molecule has 0 radical (unpaired) electrons. The Morgan fingerprint density at radius 2 is 1.80 bits per heavy atom. The van der Waals surface area contributed by atoms with E-state index < -0.39 is 11.6 Å². The number of halogens is 3. The summed E-state index contributed by atoms with van der Waals surface area (Å²) >= 11 is 3.06. The van der Waals surface area contributed by atoms with Crippen molar-refractivity contribution in [2.24, 2.45) is 5.84 Å². The van der Waals surface area contributed by atoms with Crippen molar-refractivity contribution in [1.82, 2.24) is 5.43 Å². The Labute approximate surface area is 125 Å². The Kier molecular flexibility index (Phi) is 4.86. The summed E-state index contributed by atoms with van der Waals surface area (Å²) in [6.07, 6.45) is 0.136. The van der Waals surface area contributed by atoms with Crippen LogP contribution in [0.1, 0.15) is 22.7 Å². The van der Waals surface area contributed by atoms with Gasteiger partial charge in [-0.05, 0) is 47.0 Å². The van der Waals surface area contributed by atoms with Gasteiger partial charge in [-0.1, -0.05) is 29.8 Å². The molecule has 3 N–H and O–H groups in total. The van der Waals surface area contributed by atoms with Gasteiger partial charge in [-0.25, -0.2) is 8.78 Å². The van der Waals surface area contributed by atoms with Crippen molar-refractivity contribution in [3.63, 3.8) is 0 Å². The number of hydrazine groups is 1. The van der Waals surface area contributed by atoms with Gasteiger partial charge in [0.05, 0.1) is 10.5 Å². The minimum Gasteiger partial charge on any atom is -0.271 e. The van der Waals surface area contributed by atoms with E-state index in [1.165, 1.54) is 12.1 Å². The molecule has 2 nitrogen and oxygen atoms in total. The number of nitrogens with one attached hydrogen (secondary N) is 1. The van der Waals surface area contributed by atoms with Crippen molar-refractivity contribution < 1.29 is 8.78 Å². The molecule has 0 saturated heterocycles. The highest BCUT2D eigenvalue weighted by Gasteiger charge is 2.18. The first kappa shape index (κ1) is 15.1. The Bertz CT molecular complexity index is 600. The van der Waals surface area contributed by atoms with Crippen LogP contribution in [0.2, 0.25) is 0 Å². The van der Waals surface area contributed by atoms with Crippen molar-refractivity contribution in [3.8, 4) is 0 Å². The summed E-state index contributed by atoms with van der Waals surface area (Å²) in [6.45, 7) is 1.97. The molecule has 1 atom stereocenters. The summed E-state index contributed by atoms with van der Waals surface area (Å²) < 4.78 is 28.0. The molecule has 5 heteroatoms.